The smallest absolute Gasteiger partial charge is 0.331 e. The van der Waals surface area contributed by atoms with Gasteiger partial charge < -0.3 is 4.90 Å². The highest BCUT2D eigenvalue weighted by molar-refractivity contribution is 5.77. The van der Waals surface area contributed by atoms with Crippen LogP contribution in [0.15, 0.2) is 36.9 Å². The Hall–Kier alpha value is -2.38. The van der Waals surface area contributed by atoms with Crippen LogP contribution in [0.25, 0.3) is 0 Å². The van der Waals surface area contributed by atoms with Gasteiger partial charge in [0.1, 0.15) is 19.2 Å². The van der Waals surface area contributed by atoms with Gasteiger partial charge in [0.25, 0.3) is 0 Å². The number of alkyl halides is 3. The highest BCUT2D eigenvalue weighted by atomic mass is 19.4. The third kappa shape index (κ3) is 3.58. The van der Waals surface area contributed by atoms with E-state index in [1.165, 1.54) is 23.4 Å². The second-order valence-corrected chi connectivity index (χ2v) is 5.92. The van der Waals surface area contributed by atoms with E-state index in [1.54, 1.807) is 17.9 Å². The average molecular weight is 338 g/mol. The fraction of sp³-hybridized carbons (Fsp3) is 0.438. The molecule has 2 aromatic rings. The van der Waals surface area contributed by atoms with Gasteiger partial charge >= 0.3 is 6.18 Å². The molecule has 128 valence electrons. The van der Waals surface area contributed by atoms with Crippen molar-refractivity contribution in [2.45, 2.75) is 44.6 Å². The number of halogens is 3. The molecule has 1 saturated carbocycles. The summed E-state index contributed by atoms with van der Waals surface area (Å²) in [6, 6.07) is 4.79. The largest absolute Gasteiger partial charge is 0.416 e. The van der Waals surface area contributed by atoms with Gasteiger partial charge in [-0.1, -0.05) is 12.1 Å². The second-order valence-electron chi connectivity index (χ2n) is 5.92. The standard InChI is InChI=1S/C16H17F3N4O/c1-11(12-3-2-4-13(7-12)16(17,18)19)23(14-5-6-14)15(24)8-22-10-20-9-21-22/h2-4,7,9-11,14H,5-6,8H2,1H3/t11-/m0/s1. The van der Waals surface area contributed by atoms with E-state index in [4.69, 9.17) is 0 Å². The number of benzene rings is 1. The lowest BCUT2D eigenvalue weighted by Gasteiger charge is -2.30. The molecule has 1 heterocycles. The van der Waals surface area contributed by atoms with Gasteiger partial charge in [-0.05, 0) is 37.5 Å². The molecule has 0 radical (unpaired) electrons. The van der Waals surface area contributed by atoms with Gasteiger partial charge in [-0.3, -0.25) is 4.79 Å². The van der Waals surface area contributed by atoms with E-state index >= 15 is 0 Å². The van der Waals surface area contributed by atoms with Crippen molar-refractivity contribution in [3.63, 3.8) is 0 Å². The maximum Gasteiger partial charge on any atom is 0.416 e. The number of rotatable bonds is 5. The molecule has 0 saturated heterocycles. The van der Waals surface area contributed by atoms with Gasteiger partial charge in [0.05, 0.1) is 11.6 Å². The molecule has 1 aromatic carbocycles. The monoisotopic (exact) mass is 338 g/mol. The molecule has 1 aliphatic rings. The third-order valence-electron chi connectivity index (χ3n) is 4.11. The molecule has 0 N–H and O–H groups in total. The Bertz CT molecular complexity index is 710. The Kier molecular flexibility index (Phi) is 4.29. The summed E-state index contributed by atoms with van der Waals surface area (Å²) >= 11 is 0. The number of nitrogens with zero attached hydrogens (tertiary/aromatic N) is 4. The van der Waals surface area contributed by atoms with Crippen LogP contribution in [0.2, 0.25) is 0 Å². The van der Waals surface area contributed by atoms with Crippen molar-refractivity contribution in [2.75, 3.05) is 0 Å². The summed E-state index contributed by atoms with van der Waals surface area (Å²) in [4.78, 5) is 18.1. The Labute approximate surface area is 137 Å². The topological polar surface area (TPSA) is 51.0 Å². The molecule has 0 aliphatic heterocycles. The van der Waals surface area contributed by atoms with Crippen LogP contribution in [0.3, 0.4) is 0 Å². The summed E-state index contributed by atoms with van der Waals surface area (Å²) in [5.41, 5.74) is -0.227. The molecule has 0 bridgehead atoms. The van der Waals surface area contributed by atoms with Gasteiger partial charge in [-0.25, -0.2) is 9.67 Å². The molecule has 1 aliphatic carbocycles. The third-order valence-corrected chi connectivity index (χ3v) is 4.11. The molecule has 5 nitrogen and oxygen atoms in total. The molecule has 0 spiro atoms. The van der Waals surface area contributed by atoms with Crippen molar-refractivity contribution in [3.8, 4) is 0 Å². The number of hydrogen-bond acceptors (Lipinski definition) is 3. The van der Waals surface area contributed by atoms with Gasteiger partial charge in [0.15, 0.2) is 0 Å². The van der Waals surface area contributed by atoms with Crippen LogP contribution in [0.4, 0.5) is 13.2 Å². The zero-order valence-corrected chi connectivity index (χ0v) is 13.1. The average Bonchev–Trinajstić information content (AvgIpc) is 3.22. The van der Waals surface area contributed by atoms with E-state index in [-0.39, 0.29) is 18.5 Å². The first-order valence-electron chi connectivity index (χ1n) is 7.67. The maximum absolute atomic E-state index is 12.9. The van der Waals surface area contributed by atoms with Gasteiger partial charge in [0, 0.05) is 6.04 Å². The zero-order valence-electron chi connectivity index (χ0n) is 13.1. The number of hydrogen-bond donors (Lipinski definition) is 0. The van der Waals surface area contributed by atoms with Crippen molar-refractivity contribution in [1.29, 1.82) is 0 Å². The van der Waals surface area contributed by atoms with Crippen molar-refractivity contribution in [3.05, 3.63) is 48.0 Å². The van der Waals surface area contributed by atoms with E-state index < -0.39 is 17.8 Å². The normalized spacial score (nSPS) is 16.0. The fourth-order valence-corrected chi connectivity index (χ4v) is 2.76. The minimum absolute atomic E-state index is 0.0276. The molecule has 1 aromatic heterocycles. The Morgan fingerprint density at radius 1 is 1.42 bits per heavy atom. The molecular formula is C16H17F3N4O. The summed E-state index contributed by atoms with van der Waals surface area (Å²) < 4.78 is 40.2. The van der Waals surface area contributed by atoms with Crippen molar-refractivity contribution in [1.82, 2.24) is 19.7 Å². The summed E-state index contributed by atoms with van der Waals surface area (Å²) in [5, 5.41) is 3.91. The highest BCUT2D eigenvalue weighted by Gasteiger charge is 2.37. The first-order chi connectivity index (χ1) is 11.4. The first kappa shape index (κ1) is 16.5. The van der Waals surface area contributed by atoms with Gasteiger partial charge in [-0.15, -0.1) is 0 Å². The summed E-state index contributed by atoms with van der Waals surface area (Å²) in [7, 11) is 0. The lowest BCUT2D eigenvalue weighted by atomic mass is 10.0. The van der Waals surface area contributed by atoms with E-state index in [0.29, 0.717) is 5.56 Å². The Balaban J connectivity index is 1.82. The minimum atomic E-state index is -4.40. The Morgan fingerprint density at radius 3 is 2.75 bits per heavy atom. The van der Waals surface area contributed by atoms with Gasteiger partial charge in [0.2, 0.25) is 5.91 Å². The lowest BCUT2D eigenvalue weighted by molar-refractivity contribution is -0.137. The second kappa shape index (κ2) is 6.26. The minimum Gasteiger partial charge on any atom is -0.331 e. The highest BCUT2D eigenvalue weighted by Crippen LogP contribution is 2.36. The zero-order chi connectivity index (χ0) is 17.3. The molecule has 1 atom stereocenters. The summed E-state index contributed by atoms with van der Waals surface area (Å²) in [5.74, 6) is -0.173. The SMILES string of the molecule is C[C@@H](c1cccc(C(F)(F)F)c1)N(C(=O)Cn1cncn1)C1CC1. The van der Waals surface area contributed by atoms with Crippen molar-refractivity contribution >= 4 is 5.91 Å². The Morgan fingerprint density at radius 2 is 2.17 bits per heavy atom. The number of carbonyl (C=O) groups is 1. The van der Waals surface area contributed by atoms with Crippen LogP contribution in [-0.2, 0) is 17.5 Å². The van der Waals surface area contributed by atoms with Crippen molar-refractivity contribution < 1.29 is 18.0 Å². The number of amides is 1. The van der Waals surface area contributed by atoms with Crippen LogP contribution < -0.4 is 0 Å². The van der Waals surface area contributed by atoms with E-state index in [9.17, 15) is 18.0 Å². The summed E-state index contributed by atoms with van der Waals surface area (Å²) in [6.45, 7) is 1.78. The molecule has 1 amide bonds. The summed E-state index contributed by atoms with van der Waals surface area (Å²) in [6.07, 6.45) is 0.118. The van der Waals surface area contributed by atoms with E-state index in [0.717, 1.165) is 25.0 Å². The van der Waals surface area contributed by atoms with E-state index in [1.807, 2.05) is 0 Å². The number of aromatic nitrogens is 3. The predicted molar refractivity (Wildman–Crippen MR) is 79.7 cm³/mol. The molecule has 3 rings (SSSR count). The first-order valence-corrected chi connectivity index (χ1v) is 7.67. The number of carbonyl (C=O) groups excluding carboxylic acids is 1. The molecule has 1 fully saturated rings. The fourth-order valence-electron chi connectivity index (χ4n) is 2.76. The predicted octanol–water partition coefficient (Wildman–Crippen LogP) is 3.05. The maximum atomic E-state index is 12.9. The molecule has 24 heavy (non-hydrogen) atoms. The van der Waals surface area contributed by atoms with Gasteiger partial charge in [-0.2, -0.15) is 18.3 Å². The van der Waals surface area contributed by atoms with Crippen LogP contribution in [0, 0.1) is 0 Å². The molecule has 8 heteroatoms. The van der Waals surface area contributed by atoms with Crippen molar-refractivity contribution in [2.24, 2.45) is 0 Å². The lowest BCUT2D eigenvalue weighted by Crippen LogP contribution is -2.38. The molecule has 0 unspecified atom stereocenters. The van der Waals surface area contributed by atoms with Crippen LogP contribution in [0.5, 0.6) is 0 Å². The van der Waals surface area contributed by atoms with Crippen LogP contribution in [-0.4, -0.2) is 31.6 Å². The van der Waals surface area contributed by atoms with Crippen LogP contribution >= 0.6 is 0 Å². The van der Waals surface area contributed by atoms with E-state index in [2.05, 4.69) is 10.1 Å². The quantitative estimate of drug-likeness (QED) is 0.842. The molecular weight excluding hydrogens is 321 g/mol. The van der Waals surface area contributed by atoms with Crippen LogP contribution in [0.1, 0.15) is 36.9 Å².